The molecule has 4 nitrogen and oxygen atoms in total. The molecule has 0 saturated heterocycles. The normalized spacial score (nSPS) is 17.7. The summed E-state index contributed by atoms with van der Waals surface area (Å²) in [6.45, 7) is 4.54. The molecule has 1 aromatic heterocycles. The first-order valence-electron chi connectivity index (χ1n) is 7.94. The first-order chi connectivity index (χ1) is 9.91. The topological polar surface area (TPSA) is 59.3 Å². The number of nitrogens with one attached hydrogen (secondary N) is 1. The monoisotopic (exact) mass is 313 g/mol. The molecular weight excluding hydrogens is 286 g/mol. The molecule has 1 aromatic rings. The average Bonchev–Trinajstić information content (AvgIpc) is 2.71. The van der Waals surface area contributed by atoms with Crippen LogP contribution in [0.4, 0.5) is 0 Å². The van der Waals surface area contributed by atoms with E-state index < -0.39 is 9.84 Å². The first kappa shape index (κ1) is 16.6. The number of aryl methyl sites for hydroxylation is 1. The molecule has 1 fully saturated rings. The van der Waals surface area contributed by atoms with Gasteiger partial charge in [0.15, 0.2) is 9.84 Å². The van der Waals surface area contributed by atoms with Crippen LogP contribution in [0.2, 0.25) is 0 Å². The Kier molecular flexibility index (Phi) is 5.49. The van der Waals surface area contributed by atoms with E-state index in [0.29, 0.717) is 29.0 Å². The van der Waals surface area contributed by atoms with Crippen molar-refractivity contribution in [2.45, 2.75) is 69.9 Å². The lowest BCUT2D eigenvalue weighted by Crippen LogP contribution is -2.39. The predicted molar refractivity (Wildman–Crippen MR) is 84.0 cm³/mol. The molecule has 1 unspecified atom stereocenters. The number of hydrogen-bond acceptors (Lipinski definition) is 4. The van der Waals surface area contributed by atoms with Crippen molar-refractivity contribution in [2.75, 3.05) is 6.26 Å². The van der Waals surface area contributed by atoms with Crippen LogP contribution in [0.25, 0.3) is 0 Å². The van der Waals surface area contributed by atoms with E-state index in [0.717, 1.165) is 5.92 Å². The molecule has 0 aliphatic heterocycles. The fourth-order valence-corrected chi connectivity index (χ4v) is 3.89. The van der Waals surface area contributed by atoms with Crippen LogP contribution < -0.4 is 5.32 Å². The Balaban J connectivity index is 1.97. The highest BCUT2D eigenvalue weighted by molar-refractivity contribution is 7.90. The highest BCUT2D eigenvalue weighted by Crippen LogP contribution is 2.32. The van der Waals surface area contributed by atoms with Crippen LogP contribution in [0, 0.1) is 12.8 Å². The predicted octanol–water partition coefficient (Wildman–Crippen LogP) is 3.44. The summed E-state index contributed by atoms with van der Waals surface area (Å²) in [6, 6.07) is 2.20. The van der Waals surface area contributed by atoms with Crippen LogP contribution in [-0.4, -0.2) is 20.7 Å². The van der Waals surface area contributed by atoms with Gasteiger partial charge in [0.25, 0.3) is 0 Å². The summed E-state index contributed by atoms with van der Waals surface area (Å²) in [5.74, 6) is 1.98. The number of unbranched alkanes of at least 4 members (excludes halogenated alkanes) is 1. The van der Waals surface area contributed by atoms with Crippen LogP contribution in [-0.2, 0) is 16.4 Å². The molecule has 0 aromatic carbocycles. The Hall–Kier alpha value is -0.810. The molecule has 0 amide bonds. The molecule has 1 atom stereocenters. The molecule has 0 radical (unpaired) electrons. The molecule has 1 heterocycles. The molecule has 1 aliphatic rings. The van der Waals surface area contributed by atoms with Gasteiger partial charge >= 0.3 is 0 Å². The number of hydrogen-bond donors (Lipinski definition) is 1. The van der Waals surface area contributed by atoms with Crippen LogP contribution in [0.15, 0.2) is 15.4 Å². The summed E-state index contributed by atoms with van der Waals surface area (Å²) >= 11 is 0. The molecule has 21 heavy (non-hydrogen) atoms. The quantitative estimate of drug-likeness (QED) is 0.798. The standard InChI is InChI=1S/C16H27NO3S/c1-4-5-9-15(13-7-6-8-13)17-11-14-10-16(12(2)20-14)21(3,18)19/h10,13,15,17H,4-9,11H2,1-3H3. The lowest BCUT2D eigenvalue weighted by atomic mass is 9.78. The Labute approximate surface area is 128 Å². The van der Waals surface area contributed by atoms with Crippen molar-refractivity contribution in [3.8, 4) is 0 Å². The maximum Gasteiger partial charge on any atom is 0.178 e. The van der Waals surface area contributed by atoms with Crippen molar-refractivity contribution in [3.63, 3.8) is 0 Å². The second-order valence-electron chi connectivity index (χ2n) is 6.23. The summed E-state index contributed by atoms with van der Waals surface area (Å²) in [7, 11) is -3.20. The summed E-state index contributed by atoms with van der Waals surface area (Å²) in [4.78, 5) is 0.313. The number of sulfone groups is 1. The van der Waals surface area contributed by atoms with Gasteiger partial charge in [-0.25, -0.2) is 8.42 Å². The van der Waals surface area contributed by atoms with Crippen molar-refractivity contribution in [1.29, 1.82) is 0 Å². The van der Waals surface area contributed by atoms with Crippen molar-refractivity contribution in [3.05, 3.63) is 17.6 Å². The van der Waals surface area contributed by atoms with Gasteiger partial charge in [-0.1, -0.05) is 26.2 Å². The van der Waals surface area contributed by atoms with E-state index >= 15 is 0 Å². The zero-order valence-electron chi connectivity index (χ0n) is 13.3. The van der Waals surface area contributed by atoms with Gasteiger partial charge in [0.2, 0.25) is 0 Å². The fraction of sp³-hybridized carbons (Fsp3) is 0.750. The Morgan fingerprint density at radius 3 is 2.62 bits per heavy atom. The van der Waals surface area contributed by atoms with Gasteiger partial charge in [-0.2, -0.15) is 0 Å². The first-order valence-corrected chi connectivity index (χ1v) is 9.83. The highest BCUT2D eigenvalue weighted by atomic mass is 32.2. The van der Waals surface area contributed by atoms with E-state index in [1.165, 1.54) is 44.8 Å². The van der Waals surface area contributed by atoms with Crippen LogP contribution in [0.5, 0.6) is 0 Å². The van der Waals surface area contributed by atoms with Gasteiger partial charge in [0, 0.05) is 12.3 Å². The van der Waals surface area contributed by atoms with Gasteiger partial charge in [0.05, 0.1) is 6.54 Å². The lowest BCUT2D eigenvalue weighted by molar-refractivity contribution is 0.212. The van der Waals surface area contributed by atoms with Gasteiger partial charge in [-0.3, -0.25) is 0 Å². The minimum atomic E-state index is -3.20. The van der Waals surface area contributed by atoms with Crippen LogP contribution >= 0.6 is 0 Å². The SMILES string of the molecule is CCCCC(NCc1cc(S(C)(=O)=O)c(C)o1)C1CCC1. The summed E-state index contributed by atoms with van der Waals surface area (Å²) in [6.07, 6.45) is 8.83. The molecule has 0 spiro atoms. The molecule has 1 N–H and O–H groups in total. The molecule has 0 bridgehead atoms. The second kappa shape index (κ2) is 6.97. The van der Waals surface area contributed by atoms with E-state index in [1.807, 2.05) is 0 Å². The van der Waals surface area contributed by atoms with Gasteiger partial charge in [0.1, 0.15) is 16.4 Å². The second-order valence-corrected chi connectivity index (χ2v) is 8.21. The molecule has 120 valence electrons. The smallest absolute Gasteiger partial charge is 0.178 e. The third-order valence-corrected chi connectivity index (χ3v) is 5.65. The molecular formula is C16H27NO3S. The van der Waals surface area contributed by atoms with Crippen molar-refractivity contribution < 1.29 is 12.8 Å². The zero-order chi connectivity index (χ0) is 15.5. The van der Waals surface area contributed by atoms with Crippen LogP contribution in [0.3, 0.4) is 0 Å². The Morgan fingerprint density at radius 1 is 1.43 bits per heavy atom. The van der Waals surface area contributed by atoms with Crippen molar-refractivity contribution in [1.82, 2.24) is 5.32 Å². The fourth-order valence-electron chi connectivity index (χ4n) is 2.98. The minimum absolute atomic E-state index is 0.313. The van der Waals surface area contributed by atoms with E-state index in [2.05, 4.69) is 12.2 Å². The van der Waals surface area contributed by atoms with E-state index in [9.17, 15) is 8.42 Å². The molecule has 5 heteroatoms. The average molecular weight is 313 g/mol. The summed E-state index contributed by atoms with van der Waals surface area (Å²) < 4.78 is 28.8. The van der Waals surface area contributed by atoms with Gasteiger partial charge < -0.3 is 9.73 Å². The van der Waals surface area contributed by atoms with Gasteiger partial charge in [-0.15, -0.1) is 0 Å². The van der Waals surface area contributed by atoms with E-state index in [4.69, 9.17) is 4.42 Å². The van der Waals surface area contributed by atoms with Crippen molar-refractivity contribution in [2.24, 2.45) is 5.92 Å². The Morgan fingerprint density at radius 2 is 2.14 bits per heavy atom. The number of furan rings is 1. The third kappa shape index (κ3) is 4.33. The largest absolute Gasteiger partial charge is 0.464 e. The molecule has 2 rings (SSSR count). The highest BCUT2D eigenvalue weighted by Gasteiger charge is 2.26. The number of rotatable bonds is 8. The minimum Gasteiger partial charge on any atom is -0.464 e. The maximum absolute atomic E-state index is 11.6. The lowest BCUT2D eigenvalue weighted by Gasteiger charge is -2.34. The third-order valence-electron chi connectivity index (χ3n) is 4.45. The van der Waals surface area contributed by atoms with Crippen molar-refractivity contribution >= 4 is 9.84 Å². The maximum atomic E-state index is 11.6. The molecule has 1 aliphatic carbocycles. The zero-order valence-corrected chi connectivity index (χ0v) is 14.1. The summed E-state index contributed by atoms with van der Waals surface area (Å²) in [5, 5.41) is 3.58. The van der Waals surface area contributed by atoms with Gasteiger partial charge in [-0.05, 0) is 38.2 Å². The van der Waals surface area contributed by atoms with Crippen LogP contribution in [0.1, 0.15) is 57.0 Å². The van der Waals surface area contributed by atoms with E-state index in [1.54, 1.807) is 13.0 Å². The van der Waals surface area contributed by atoms with E-state index in [-0.39, 0.29) is 0 Å². The molecule has 1 saturated carbocycles. The summed E-state index contributed by atoms with van der Waals surface area (Å²) in [5.41, 5.74) is 0. The Bertz CT molecular complexity index is 558.